The molecule has 0 N–H and O–H groups in total. The Morgan fingerprint density at radius 3 is 2.17 bits per heavy atom. The number of carbonyl (C=O) groups is 2. The first-order valence-electron chi connectivity index (χ1n) is 9.55. The van der Waals surface area contributed by atoms with Crippen LogP contribution in [0.15, 0.2) is 54.6 Å². The van der Waals surface area contributed by atoms with Crippen molar-refractivity contribution in [1.82, 2.24) is 9.80 Å². The third-order valence-electron chi connectivity index (χ3n) is 5.01. The van der Waals surface area contributed by atoms with Crippen LogP contribution in [0.4, 0.5) is 0 Å². The molecule has 1 aliphatic heterocycles. The molecule has 0 unspecified atom stereocenters. The number of hydrogen-bond acceptors (Lipinski definition) is 5. The van der Waals surface area contributed by atoms with Crippen molar-refractivity contribution in [3.63, 3.8) is 0 Å². The quantitative estimate of drug-likeness (QED) is 0.649. The normalized spacial score (nSPS) is 15.7. The van der Waals surface area contributed by atoms with E-state index in [0.717, 1.165) is 13.1 Å². The smallest absolute Gasteiger partial charge is 0.331 e. The molecule has 1 fully saturated rings. The highest BCUT2D eigenvalue weighted by atomic mass is 35.5. The van der Waals surface area contributed by atoms with E-state index in [1.807, 2.05) is 30.3 Å². The van der Waals surface area contributed by atoms with Crippen LogP contribution in [-0.4, -0.2) is 68.2 Å². The van der Waals surface area contributed by atoms with Crippen LogP contribution in [0, 0.1) is 0 Å². The van der Waals surface area contributed by atoms with Gasteiger partial charge in [-0.15, -0.1) is 0 Å². The van der Waals surface area contributed by atoms with Crippen molar-refractivity contribution in [3.05, 3.63) is 70.7 Å². The highest BCUT2D eigenvalue weighted by molar-refractivity contribution is 6.30. The number of benzene rings is 2. The Hall–Kier alpha value is -2.41. The number of rotatable bonds is 7. The van der Waals surface area contributed by atoms with E-state index in [1.54, 1.807) is 4.90 Å². The molecule has 2 aromatic rings. The summed E-state index contributed by atoms with van der Waals surface area (Å²) in [5, 5.41) is 0.711. The Bertz CT molecular complexity index is 805. The maximum atomic E-state index is 12.3. The van der Waals surface area contributed by atoms with Gasteiger partial charge in [-0.1, -0.05) is 54.1 Å². The summed E-state index contributed by atoms with van der Waals surface area (Å²) in [6, 6.07) is 18.4. The average molecular weight is 417 g/mol. The van der Waals surface area contributed by atoms with Crippen molar-refractivity contribution in [2.24, 2.45) is 0 Å². The van der Waals surface area contributed by atoms with E-state index < -0.39 is 5.97 Å². The second kappa shape index (κ2) is 10.4. The third kappa shape index (κ3) is 5.79. The Labute approximate surface area is 176 Å². The van der Waals surface area contributed by atoms with Crippen molar-refractivity contribution < 1.29 is 19.1 Å². The van der Waals surface area contributed by atoms with Crippen molar-refractivity contribution >= 4 is 23.5 Å². The number of esters is 1. The average Bonchev–Trinajstić information content (AvgIpc) is 2.76. The molecule has 1 aliphatic rings. The number of hydrogen-bond donors (Lipinski definition) is 0. The minimum atomic E-state index is -0.490. The number of nitrogens with zero attached hydrogens (tertiary/aromatic N) is 2. The molecule has 1 saturated heterocycles. The molecule has 1 amide bonds. The van der Waals surface area contributed by atoms with Gasteiger partial charge in [0.05, 0.1) is 13.2 Å². The molecule has 0 bridgehead atoms. The molecule has 0 aliphatic carbocycles. The second-order valence-electron chi connectivity index (χ2n) is 6.85. The molecule has 29 heavy (non-hydrogen) atoms. The van der Waals surface area contributed by atoms with Crippen LogP contribution in [0.2, 0.25) is 5.02 Å². The zero-order chi connectivity index (χ0) is 20.6. The van der Waals surface area contributed by atoms with Gasteiger partial charge in [0.2, 0.25) is 5.91 Å². The summed E-state index contributed by atoms with van der Waals surface area (Å²) in [6.07, 6.45) is 0. The number of methoxy groups -OCH3 is 1. The van der Waals surface area contributed by atoms with Gasteiger partial charge in [-0.3, -0.25) is 9.69 Å². The van der Waals surface area contributed by atoms with Crippen LogP contribution in [-0.2, 0) is 19.1 Å². The van der Waals surface area contributed by atoms with Gasteiger partial charge in [0, 0.05) is 31.2 Å². The van der Waals surface area contributed by atoms with Gasteiger partial charge in [-0.2, -0.15) is 0 Å². The number of carbonyl (C=O) groups excluding carboxylic acids is 2. The van der Waals surface area contributed by atoms with Gasteiger partial charge in [-0.25, -0.2) is 4.79 Å². The Morgan fingerprint density at radius 2 is 1.55 bits per heavy atom. The molecule has 0 radical (unpaired) electrons. The van der Waals surface area contributed by atoms with E-state index >= 15 is 0 Å². The largest absolute Gasteiger partial charge is 0.467 e. The number of ether oxygens (including phenoxy) is 2. The molecule has 0 aromatic heterocycles. The van der Waals surface area contributed by atoms with Gasteiger partial charge in [0.1, 0.15) is 13.2 Å². The minimum absolute atomic E-state index is 0.0984. The maximum Gasteiger partial charge on any atom is 0.331 e. The van der Waals surface area contributed by atoms with Gasteiger partial charge >= 0.3 is 5.97 Å². The molecule has 7 heteroatoms. The Balaban J connectivity index is 1.64. The lowest BCUT2D eigenvalue weighted by atomic mass is 9.96. The van der Waals surface area contributed by atoms with E-state index in [1.165, 1.54) is 18.2 Å². The predicted octanol–water partition coefficient (Wildman–Crippen LogP) is 2.76. The molecule has 3 rings (SSSR count). The zero-order valence-electron chi connectivity index (χ0n) is 16.4. The van der Waals surface area contributed by atoms with Crippen molar-refractivity contribution in [2.45, 2.75) is 6.04 Å². The molecule has 0 saturated carbocycles. The first-order valence-corrected chi connectivity index (χ1v) is 9.93. The van der Waals surface area contributed by atoms with Crippen molar-refractivity contribution in [3.8, 4) is 0 Å². The number of piperazine rings is 1. The predicted molar refractivity (Wildman–Crippen MR) is 111 cm³/mol. The summed E-state index contributed by atoms with van der Waals surface area (Å²) in [5.41, 5.74) is 2.37. The molecule has 154 valence electrons. The third-order valence-corrected chi connectivity index (χ3v) is 5.26. The fourth-order valence-corrected chi connectivity index (χ4v) is 3.62. The standard InChI is InChI=1S/C22H25ClN2O4/c1-28-21(27)16-29-15-20(26)24-11-13-25(14-12-24)22(17-5-3-2-4-6-17)18-7-9-19(23)10-8-18/h2-10,22H,11-16H2,1H3/t22-/m1/s1. The summed E-state index contributed by atoms with van der Waals surface area (Å²) < 4.78 is 9.64. The molecule has 1 atom stereocenters. The molecule has 2 aromatic carbocycles. The van der Waals surface area contributed by atoms with Crippen LogP contribution in [0.25, 0.3) is 0 Å². The Morgan fingerprint density at radius 1 is 0.931 bits per heavy atom. The highest BCUT2D eigenvalue weighted by Crippen LogP contribution is 2.30. The van der Waals surface area contributed by atoms with Gasteiger partial charge in [0.25, 0.3) is 0 Å². The highest BCUT2D eigenvalue weighted by Gasteiger charge is 2.28. The van der Waals surface area contributed by atoms with Crippen LogP contribution < -0.4 is 0 Å². The molecular formula is C22H25ClN2O4. The number of halogens is 1. The Kier molecular flexibility index (Phi) is 7.63. The molecule has 6 nitrogen and oxygen atoms in total. The van der Waals surface area contributed by atoms with Gasteiger partial charge in [-0.05, 0) is 23.3 Å². The lowest BCUT2D eigenvalue weighted by Gasteiger charge is -2.39. The van der Waals surface area contributed by atoms with E-state index in [4.69, 9.17) is 16.3 Å². The number of amides is 1. The van der Waals surface area contributed by atoms with Crippen LogP contribution in [0.1, 0.15) is 17.2 Å². The first-order chi connectivity index (χ1) is 14.1. The van der Waals surface area contributed by atoms with Crippen molar-refractivity contribution in [2.75, 3.05) is 46.5 Å². The lowest BCUT2D eigenvalue weighted by Crippen LogP contribution is -2.50. The topological polar surface area (TPSA) is 59.1 Å². The summed E-state index contributed by atoms with van der Waals surface area (Å²) in [7, 11) is 1.29. The van der Waals surface area contributed by atoms with Crippen LogP contribution in [0.5, 0.6) is 0 Å². The summed E-state index contributed by atoms with van der Waals surface area (Å²) in [6.45, 7) is 2.37. The van der Waals surface area contributed by atoms with Crippen LogP contribution >= 0.6 is 11.6 Å². The second-order valence-corrected chi connectivity index (χ2v) is 7.29. The van der Waals surface area contributed by atoms with Crippen molar-refractivity contribution in [1.29, 1.82) is 0 Å². The van der Waals surface area contributed by atoms with E-state index in [9.17, 15) is 9.59 Å². The zero-order valence-corrected chi connectivity index (χ0v) is 17.2. The van der Waals surface area contributed by atoms with Gasteiger partial charge in [0.15, 0.2) is 0 Å². The fraction of sp³-hybridized carbons (Fsp3) is 0.364. The summed E-state index contributed by atoms with van der Waals surface area (Å²) in [5.74, 6) is -0.604. The minimum Gasteiger partial charge on any atom is -0.467 e. The van der Waals surface area contributed by atoms with E-state index in [0.29, 0.717) is 18.1 Å². The fourth-order valence-electron chi connectivity index (χ4n) is 3.50. The SMILES string of the molecule is COC(=O)COCC(=O)N1CCN([C@H](c2ccccc2)c2ccc(Cl)cc2)CC1. The maximum absolute atomic E-state index is 12.3. The monoisotopic (exact) mass is 416 g/mol. The first kappa shape index (κ1) is 21.3. The molecule has 0 spiro atoms. The van der Waals surface area contributed by atoms with Crippen LogP contribution in [0.3, 0.4) is 0 Å². The summed E-state index contributed by atoms with van der Waals surface area (Å²) in [4.78, 5) is 27.6. The summed E-state index contributed by atoms with van der Waals surface area (Å²) >= 11 is 6.07. The van der Waals surface area contributed by atoms with E-state index in [2.05, 4.69) is 33.9 Å². The van der Waals surface area contributed by atoms with E-state index in [-0.39, 0.29) is 25.2 Å². The van der Waals surface area contributed by atoms with Gasteiger partial charge < -0.3 is 14.4 Å². The molecular weight excluding hydrogens is 392 g/mol. The molecule has 1 heterocycles. The lowest BCUT2D eigenvalue weighted by molar-refractivity contribution is -0.149.